The number of benzene rings is 2. The maximum Gasteiger partial charge on any atom is 0.305 e. The van der Waals surface area contributed by atoms with Crippen LogP contribution < -0.4 is 4.74 Å². The molecule has 2 aromatic rings. The van der Waals surface area contributed by atoms with Crippen molar-refractivity contribution in [1.82, 2.24) is 0 Å². The maximum absolute atomic E-state index is 12.0. The molecule has 0 saturated carbocycles. The quantitative estimate of drug-likeness (QED) is 0.258. The molecule has 1 saturated heterocycles. The Morgan fingerprint density at radius 3 is 2.62 bits per heavy atom. The van der Waals surface area contributed by atoms with Gasteiger partial charge >= 0.3 is 5.97 Å². The summed E-state index contributed by atoms with van der Waals surface area (Å²) in [6, 6.07) is 14.1. The fourth-order valence-corrected chi connectivity index (χ4v) is 4.31. The minimum absolute atomic E-state index is 0.0179. The summed E-state index contributed by atoms with van der Waals surface area (Å²) in [5, 5.41) is 0.710. The number of rotatable bonds is 11. The summed E-state index contributed by atoms with van der Waals surface area (Å²) in [4.78, 5) is 12.0. The summed E-state index contributed by atoms with van der Waals surface area (Å²) < 4.78 is 17.3. The number of ether oxygens (including phenoxy) is 3. The van der Waals surface area contributed by atoms with E-state index in [1.807, 2.05) is 43.3 Å². The first-order valence-electron chi connectivity index (χ1n) is 11.9. The van der Waals surface area contributed by atoms with Crippen LogP contribution in [-0.2, 0) is 14.3 Å². The van der Waals surface area contributed by atoms with Gasteiger partial charge in [-0.15, -0.1) is 0 Å². The second-order valence-corrected chi connectivity index (χ2v) is 8.78. The SMILES string of the molecule is CCCCCCC(=O)OC[C@H]1CCC[C@H](c2ccc(Cl)c(-c3ccc(OCC)cc3)c2)O1. The second kappa shape index (κ2) is 12.9. The first-order chi connectivity index (χ1) is 15.6. The van der Waals surface area contributed by atoms with E-state index in [0.29, 0.717) is 24.7 Å². The fourth-order valence-electron chi connectivity index (χ4n) is 4.08. The number of hydrogen-bond donors (Lipinski definition) is 0. The average molecular weight is 459 g/mol. The van der Waals surface area contributed by atoms with Crippen LogP contribution in [-0.4, -0.2) is 25.3 Å². The first-order valence-corrected chi connectivity index (χ1v) is 12.3. The molecule has 0 unspecified atom stereocenters. The summed E-state index contributed by atoms with van der Waals surface area (Å²) in [5.74, 6) is 0.734. The molecule has 174 valence electrons. The lowest BCUT2D eigenvalue weighted by Gasteiger charge is -2.30. The molecule has 2 aromatic carbocycles. The molecule has 0 bridgehead atoms. The lowest BCUT2D eigenvalue weighted by Crippen LogP contribution is -2.28. The molecular weight excluding hydrogens is 424 g/mol. The molecule has 0 N–H and O–H groups in total. The summed E-state index contributed by atoms with van der Waals surface area (Å²) >= 11 is 6.52. The van der Waals surface area contributed by atoms with Gasteiger partial charge in [-0.05, 0) is 68.0 Å². The highest BCUT2D eigenvalue weighted by atomic mass is 35.5. The van der Waals surface area contributed by atoms with Crippen LogP contribution in [0.4, 0.5) is 0 Å². The third-order valence-electron chi connectivity index (χ3n) is 5.85. The van der Waals surface area contributed by atoms with Crippen LogP contribution in [0.1, 0.15) is 76.9 Å². The normalized spacial score (nSPS) is 18.3. The first kappa shape index (κ1) is 24.6. The van der Waals surface area contributed by atoms with Gasteiger partial charge in [0, 0.05) is 17.0 Å². The molecule has 4 nitrogen and oxygen atoms in total. The lowest BCUT2D eigenvalue weighted by atomic mass is 9.95. The molecule has 1 aliphatic heterocycles. The van der Waals surface area contributed by atoms with E-state index in [1.165, 1.54) is 6.42 Å². The highest BCUT2D eigenvalue weighted by molar-refractivity contribution is 6.33. The Morgan fingerprint density at radius 2 is 1.88 bits per heavy atom. The number of hydrogen-bond acceptors (Lipinski definition) is 4. The Kier molecular flexibility index (Phi) is 9.89. The van der Waals surface area contributed by atoms with E-state index in [9.17, 15) is 4.79 Å². The molecule has 3 rings (SSSR count). The van der Waals surface area contributed by atoms with Gasteiger partial charge in [-0.1, -0.05) is 56.0 Å². The van der Waals surface area contributed by atoms with Crippen molar-refractivity contribution in [2.75, 3.05) is 13.2 Å². The smallest absolute Gasteiger partial charge is 0.305 e. The third-order valence-corrected chi connectivity index (χ3v) is 6.18. The van der Waals surface area contributed by atoms with E-state index in [1.54, 1.807) is 0 Å². The highest BCUT2D eigenvalue weighted by Gasteiger charge is 2.25. The molecule has 1 heterocycles. The zero-order chi connectivity index (χ0) is 22.8. The number of unbranched alkanes of at least 4 members (excludes halogenated alkanes) is 3. The average Bonchev–Trinajstić information content (AvgIpc) is 2.82. The molecular formula is C27H35ClO4. The van der Waals surface area contributed by atoms with E-state index < -0.39 is 0 Å². The summed E-state index contributed by atoms with van der Waals surface area (Å²) in [6.45, 7) is 5.11. The Hall–Kier alpha value is -2.04. The van der Waals surface area contributed by atoms with E-state index in [-0.39, 0.29) is 18.2 Å². The van der Waals surface area contributed by atoms with Crippen LogP contribution in [0.5, 0.6) is 5.75 Å². The molecule has 0 aliphatic carbocycles. The topological polar surface area (TPSA) is 44.8 Å². The standard InChI is InChI=1S/C27H35ClO4/c1-3-5-6-7-11-27(29)31-19-23-9-8-10-26(32-23)21-14-17-25(28)24(18-21)20-12-15-22(16-13-20)30-4-2/h12-18,23,26H,3-11,19H2,1-2H3/t23-,26-/m1/s1. The Bertz CT molecular complexity index is 849. The van der Waals surface area contributed by atoms with E-state index in [0.717, 1.165) is 61.0 Å². The zero-order valence-electron chi connectivity index (χ0n) is 19.3. The molecule has 0 radical (unpaired) electrons. The number of halogens is 1. The van der Waals surface area contributed by atoms with Gasteiger partial charge in [-0.25, -0.2) is 0 Å². The van der Waals surface area contributed by atoms with Crippen molar-refractivity contribution in [2.45, 2.75) is 77.4 Å². The van der Waals surface area contributed by atoms with Crippen LogP contribution in [0.3, 0.4) is 0 Å². The van der Waals surface area contributed by atoms with Gasteiger partial charge in [0.15, 0.2) is 0 Å². The number of carbonyl (C=O) groups is 1. The van der Waals surface area contributed by atoms with Gasteiger partial charge in [-0.2, -0.15) is 0 Å². The van der Waals surface area contributed by atoms with Crippen molar-refractivity contribution in [3.05, 3.63) is 53.1 Å². The Morgan fingerprint density at radius 1 is 1.06 bits per heavy atom. The van der Waals surface area contributed by atoms with Crippen LogP contribution in [0.15, 0.2) is 42.5 Å². The zero-order valence-corrected chi connectivity index (χ0v) is 20.0. The van der Waals surface area contributed by atoms with Gasteiger partial charge in [-0.3, -0.25) is 4.79 Å². The highest BCUT2D eigenvalue weighted by Crippen LogP contribution is 2.36. The summed E-state index contributed by atoms with van der Waals surface area (Å²) in [7, 11) is 0. The molecule has 0 amide bonds. The molecule has 0 aromatic heterocycles. The van der Waals surface area contributed by atoms with Gasteiger partial charge in [0.05, 0.1) is 18.8 Å². The largest absolute Gasteiger partial charge is 0.494 e. The summed E-state index contributed by atoms with van der Waals surface area (Å²) in [6.07, 6.45) is 7.65. The lowest BCUT2D eigenvalue weighted by molar-refractivity contribution is -0.152. The number of carbonyl (C=O) groups excluding carboxylic acids is 1. The van der Waals surface area contributed by atoms with Crippen LogP contribution in [0, 0.1) is 0 Å². The van der Waals surface area contributed by atoms with Crippen molar-refractivity contribution in [1.29, 1.82) is 0 Å². The Balaban J connectivity index is 1.59. The van der Waals surface area contributed by atoms with Gasteiger partial charge in [0.1, 0.15) is 12.4 Å². The van der Waals surface area contributed by atoms with E-state index in [2.05, 4.69) is 13.0 Å². The molecule has 1 aliphatic rings. The molecule has 2 atom stereocenters. The van der Waals surface area contributed by atoms with E-state index in [4.69, 9.17) is 25.8 Å². The van der Waals surface area contributed by atoms with Gasteiger partial charge in [0.2, 0.25) is 0 Å². The van der Waals surface area contributed by atoms with Crippen LogP contribution in [0.2, 0.25) is 5.02 Å². The van der Waals surface area contributed by atoms with Gasteiger partial charge < -0.3 is 14.2 Å². The van der Waals surface area contributed by atoms with Crippen LogP contribution in [0.25, 0.3) is 11.1 Å². The van der Waals surface area contributed by atoms with Crippen molar-refractivity contribution < 1.29 is 19.0 Å². The predicted octanol–water partition coefficient (Wildman–Crippen LogP) is 7.53. The molecule has 0 spiro atoms. The minimum Gasteiger partial charge on any atom is -0.494 e. The number of esters is 1. The molecule has 5 heteroatoms. The van der Waals surface area contributed by atoms with Crippen LogP contribution >= 0.6 is 11.6 Å². The van der Waals surface area contributed by atoms with Crippen molar-refractivity contribution in [2.24, 2.45) is 0 Å². The second-order valence-electron chi connectivity index (χ2n) is 8.37. The Labute approximate surface area is 197 Å². The predicted molar refractivity (Wildman–Crippen MR) is 129 cm³/mol. The monoisotopic (exact) mass is 458 g/mol. The van der Waals surface area contributed by atoms with E-state index >= 15 is 0 Å². The van der Waals surface area contributed by atoms with Crippen molar-refractivity contribution in [3.8, 4) is 16.9 Å². The third kappa shape index (κ3) is 7.25. The maximum atomic E-state index is 12.0. The van der Waals surface area contributed by atoms with Gasteiger partial charge in [0.25, 0.3) is 0 Å². The van der Waals surface area contributed by atoms with Crippen molar-refractivity contribution in [3.63, 3.8) is 0 Å². The van der Waals surface area contributed by atoms with Crippen molar-refractivity contribution >= 4 is 17.6 Å². The fraction of sp³-hybridized carbons (Fsp3) is 0.519. The summed E-state index contributed by atoms with van der Waals surface area (Å²) in [5.41, 5.74) is 3.13. The molecule has 1 fully saturated rings. The molecule has 32 heavy (non-hydrogen) atoms. The minimum atomic E-state index is -0.115.